The van der Waals surface area contributed by atoms with Crippen LogP contribution in [0.5, 0.6) is 0 Å². The summed E-state index contributed by atoms with van der Waals surface area (Å²) in [5.41, 5.74) is 1.98. The molecule has 3 rings (SSSR count). The molecule has 0 saturated heterocycles. The minimum Gasteiger partial charge on any atom is -0.338 e. The van der Waals surface area contributed by atoms with Gasteiger partial charge in [-0.2, -0.15) is 9.67 Å². The van der Waals surface area contributed by atoms with E-state index in [1.54, 1.807) is 4.68 Å². The molecule has 0 aliphatic rings. The van der Waals surface area contributed by atoms with Gasteiger partial charge in [0, 0.05) is 5.41 Å². The molecule has 0 fully saturated rings. The topological polar surface area (TPSA) is 82.5 Å². The molecule has 0 radical (unpaired) electrons. The Labute approximate surface area is 138 Å². The summed E-state index contributed by atoms with van der Waals surface area (Å²) in [6, 6.07) is 8.03. The number of hydrogen-bond donors (Lipinski definition) is 0. The third-order valence-corrected chi connectivity index (χ3v) is 4.09. The summed E-state index contributed by atoms with van der Waals surface area (Å²) < 4.78 is 6.99. The van der Waals surface area contributed by atoms with Crippen molar-refractivity contribution in [3.05, 3.63) is 41.5 Å². The van der Waals surface area contributed by atoms with E-state index >= 15 is 0 Å². The predicted molar refractivity (Wildman–Crippen MR) is 86.5 cm³/mol. The lowest BCUT2D eigenvalue weighted by Gasteiger charge is -2.10. The van der Waals surface area contributed by atoms with E-state index in [2.05, 4.69) is 25.7 Å². The van der Waals surface area contributed by atoms with E-state index in [1.807, 2.05) is 52.0 Å². The highest BCUT2D eigenvalue weighted by molar-refractivity contribution is 7.98. The van der Waals surface area contributed by atoms with Crippen molar-refractivity contribution in [1.29, 1.82) is 0 Å². The molecule has 3 aromatic rings. The van der Waals surface area contributed by atoms with Gasteiger partial charge in [0.05, 0.1) is 11.4 Å². The first-order valence-corrected chi connectivity index (χ1v) is 8.23. The van der Waals surface area contributed by atoms with Gasteiger partial charge in [0.1, 0.15) is 0 Å². The second-order valence-electron chi connectivity index (χ2n) is 6.26. The van der Waals surface area contributed by atoms with Crippen molar-refractivity contribution < 1.29 is 4.52 Å². The lowest BCUT2D eigenvalue weighted by atomic mass is 9.96. The SMILES string of the molecule is Cc1ccc(-n2nnnc2SCc2nc(C(C)(C)C)no2)cc1. The molecule has 2 heterocycles. The van der Waals surface area contributed by atoms with Crippen molar-refractivity contribution in [2.24, 2.45) is 0 Å². The van der Waals surface area contributed by atoms with Crippen LogP contribution >= 0.6 is 11.8 Å². The van der Waals surface area contributed by atoms with Gasteiger partial charge in [-0.3, -0.25) is 0 Å². The van der Waals surface area contributed by atoms with Crippen LogP contribution < -0.4 is 0 Å². The zero-order chi connectivity index (χ0) is 16.4. The summed E-state index contributed by atoms with van der Waals surface area (Å²) in [5.74, 6) is 1.79. The zero-order valence-electron chi connectivity index (χ0n) is 13.5. The van der Waals surface area contributed by atoms with Gasteiger partial charge in [-0.15, -0.1) is 5.10 Å². The second-order valence-corrected chi connectivity index (χ2v) is 7.20. The van der Waals surface area contributed by atoms with Crippen LogP contribution in [0.3, 0.4) is 0 Å². The number of rotatable bonds is 4. The molecular weight excluding hydrogens is 312 g/mol. The highest BCUT2D eigenvalue weighted by Gasteiger charge is 2.21. The van der Waals surface area contributed by atoms with E-state index in [0.717, 1.165) is 5.69 Å². The smallest absolute Gasteiger partial charge is 0.237 e. The Morgan fingerprint density at radius 1 is 1.17 bits per heavy atom. The predicted octanol–water partition coefficient (Wildman–Crippen LogP) is 2.94. The normalized spacial score (nSPS) is 11.8. The Bertz CT molecular complexity index is 787. The fraction of sp³-hybridized carbons (Fsp3) is 0.400. The average Bonchev–Trinajstić information content (AvgIpc) is 3.14. The number of thioether (sulfide) groups is 1. The zero-order valence-corrected chi connectivity index (χ0v) is 14.3. The van der Waals surface area contributed by atoms with Crippen molar-refractivity contribution in [3.63, 3.8) is 0 Å². The van der Waals surface area contributed by atoms with Crippen LogP contribution in [0.1, 0.15) is 38.0 Å². The molecule has 0 amide bonds. The Balaban J connectivity index is 1.73. The molecule has 120 valence electrons. The Hall–Kier alpha value is -2.22. The third-order valence-electron chi connectivity index (χ3n) is 3.18. The number of hydrogen-bond acceptors (Lipinski definition) is 7. The molecule has 2 aromatic heterocycles. The fourth-order valence-electron chi connectivity index (χ4n) is 1.86. The highest BCUT2D eigenvalue weighted by atomic mass is 32.2. The van der Waals surface area contributed by atoms with Crippen LogP contribution in [0.25, 0.3) is 5.69 Å². The fourth-order valence-corrected chi connectivity index (χ4v) is 2.59. The lowest BCUT2D eigenvalue weighted by Crippen LogP contribution is -2.13. The van der Waals surface area contributed by atoms with E-state index in [4.69, 9.17) is 4.52 Å². The Kier molecular flexibility index (Phi) is 4.16. The Morgan fingerprint density at radius 3 is 2.57 bits per heavy atom. The number of aromatic nitrogens is 6. The first kappa shape index (κ1) is 15.7. The van der Waals surface area contributed by atoms with Crippen LogP contribution in [0.4, 0.5) is 0 Å². The van der Waals surface area contributed by atoms with Crippen LogP contribution in [-0.4, -0.2) is 30.3 Å². The summed E-state index contributed by atoms with van der Waals surface area (Å²) in [6.07, 6.45) is 0. The lowest BCUT2D eigenvalue weighted by molar-refractivity contribution is 0.372. The van der Waals surface area contributed by atoms with Gasteiger partial charge >= 0.3 is 0 Å². The summed E-state index contributed by atoms with van der Waals surface area (Å²) in [6.45, 7) is 8.19. The summed E-state index contributed by atoms with van der Waals surface area (Å²) in [5, 5.41) is 16.6. The molecule has 0 atom stereocenters. The second kappa shape index (κ2) is 6.11. The van der Waals surface area contributed by atoms with Gasteiger partial charge in [0.15, 0.2) is 5.82 Å². The highest BCUT2D eigenvalue weighted by Crippen LogP contribution is 2.24. The van der Waals surface area contributed by atoms with Crippen LogP contribution in [0, 0.1) is 6.92 Å². The van der Waals surface area contributed by atoms with Gasteiger partial charge in [0.25, 0.3) is 0 Å². The summed E-state index contributed by atoms with van der Waals surface area (Å²) in [7, 11) is 0. The van der Waals surface area contributed by atoms with E-state index in [9.17, 15) is 0 Å². The summed E-state index contributed by atoms with van der Waals surface area (Å²) >= 11 is 1.46. The molecule has 0 saturated carbocycles. The first-order chi connectivity index (χ1) is 10.9. The van der Waals surface area contributed by atoms with E-state index in [-0.39, 0.29) is 5.41 Å². The molecule has 0 aliphatic carbocycles. The Morgan fingerprint density at radius 2 is 1.91 bits per heavy atom. The van der Waals surface area contributed by atoms with Crippen LogP contribution in [0.2, 0.25) is 0 Å². The molecule has 8 heteroatoms. The molecule has 0 spiro atoms. The van der Waals surface area contributed by atoms with Gasteiger partial charge < -0.3 is 4.52 Å². The number of aryl methyl sites for hydroxylation is 1. The summed E-state index contributed by atoms with van der Waals surface area (Å²) in [4.78, 5) is 4.42. The minimum absolute atomic E-state index is 0.129. The van der Waals surface area contributed by atoms with Gasteiger partial charge in [-0.05, 0) is 29.5 Å². The molecule has 23 heavy (non-hydrogen) atoms. The number of nitrogens with zero attached hydrogens (tertiary/aromatic N) is 6. The molecule has 0 aliphatic heterocycles. The van der Waals surface area contributed by atoms with E-state index in [0.29, 0.717) is 22.6 Å². The van der Waals surface area contributed by atoms with E-state index in [1.165, 1.54) is 17.3 Å². The molecule has 7 nitrogen and oxygen atoms in total. The maximum Gasteiger partial charge on any atom is 0.237 e. The van der Waals surface area contributed by atoms with Gasteiger partial charge in [-0.25, -0.2) is 0 Å². The first-order valence-electron chi connectivity index (χ1n) is 7.25. The van der Waals surface area contributed by atoms with Crippen LogP contribution in [-0.2, 0) is 11.2 Å². The molecule has 1 aromatic carbocycles. The maximum atomic E-state index is 5.29. The largest absolute Gasteiger partial charge is 0.338 e. The van der Waals surface area contributed by atoms with Crippen molar-refractivity contribution >= 4 is 11.8 Å². The van der Waals surface area contributed by atoms with E-state index < -0.39 is 0 Å². The van der Waals surface area contributed by atoms with Crippen molar-refractivity contribution in [2.45, 2.75) is 44.0 Å². The van der Waals surface area contributed by atoms with Crippen molar-refractivity contribution in [3.8, 4) is 5.69 Å². The minimum atomic E-state index is -0.129. The quantitative estimate of drug-likeness (QED) is 0.680. The number of tetrazole rings is 1. The van der Waals surface area contributed by atoms with Crippen molar-refractivity contribution in [1.82, 2.24) is 30.3 Å². The third kappa shape index (κ3) is 3.58. The molecule has 0 N–H and O–H groups in total. The van der Waals surface area contributed by atoms with Crippen LogP contribution in [0.15, 0.2) is 33.9 Å². The van der Waals surface area contributed by atoms with Gasteiger partial charge in [0.2, 0.25) is 11.0 Å². The molecule has 0 bridgehead atoms. The monoisotopic (exact) mass is 330 g/mol. The number of benzene rings is 1. The van der Waals surface area contributed by atoms with Gasteiger partial charge in [-0.1, -0.05) is 55.4 Å². The molecular formula is C15H18N6OS. The standard InChI is InChI=1S/C15H18N6OS/c1-10-5-7-11(8-6-10)21-14(17-19-20-21)23-9-12-16-13(18-22-12)15(2,3)4/h5-8H,9H2,1-4H3. The van der Waals surface area contributed by atoms with Crippen molar-refractivity contribution in [2.75, 3.05) is 0 Å². The maximum absolute atomic E-state index is 5.29. The molecule has 0 unspecified atom stereocenters. The average molecular weight is 330 g/mol.